The molecule has 1 amide bonds. The number of pyridine rings is 1. The molecular formula is C23H27F7N6O5. The molecule has 18 heteroatoms. The van der Waals surface area contributed by atoms with Gasteiger partial charge in [-0.05, 0) is 31.9 Å². The van der Waals surface area contributed by atoms with Gasteiger partial charge in [-0.25, -0.2) is 28.9 Å². The molecule has 0 unspecified atom stereocenters. The van der Waals surface area contributed by atoms with Crippen LogP contribution in [-0.2, 0) is 22.4 Å². The maximum Gasteiger partial charge on any atom is 0.490 e. The number of nitrogens with zero attached hydrogens (tertiary/aromatic N) is 5. The minimum absolute atomic E-state index is 0.0532. The van der Waals surface area contributed by atoms with Gasteiger partial charge in [0.1, 0.15) is 5.82 Å². The van der Waals surface area contributed by atoms with Crippen molar-refractivity contribution < 1.29 is 55.3 Å². The van der Waals surface area contributed by atoms with Gasteiger partial charge in [0.2, 0.25) is 5.95 Å². The Morgan fingerprint density at radius 1 is 0.951 bits per heavy atom. The van der Waals surface area contributed by atoms with Gasteiger partial charge in [0.15, 0.2) is 5.82 Å². The van der Waals surface area contributed by atoms with Gasteiger partial charge in [-0.2, -0.15) is 26.3 Å². The highest BCUT2D eigenvalue weighted by Crippen LogP contribution is 2.24. The van der Waals surface area contributed by atoms with Crippen molar-refractivity contribution in [3.05, 3.63) is 41.1 Å². The van der Waals surface area contributed by atoms with Crippen molar-refractivity contribution in [2.45, 2.75) is 45.1 Å². The molecule has 3 rings (SSSR count). The van der Waals surface area contributed by atoms with E-state index >= 15 is 0 Å². The molecule has 0 saturated carbocycles. The number of halogens is 7. The summed E-state index contributed by atoms with van der Waals surface area (Å²) >= 11 is 0. The number of amides is 1. The van der Waals surface area contributed by atoms with Gasteiger partial charge >= 0.3 is 24.3 Å². The van der Waals surface area contributed by atoms with E-state index in [1.807, 2.05) is 43.8 Å². The lowest BCUT2D eigenvalue weighted by Crippen LogP contribution is -2.32. The van der Waals surface area contributed by atoms with Crippen molar-refractivity contribution in [1.82, 2.24) is 20.3 Å². The second-order valence-electron chi connectivity index (χ2n) is 8.78. The van der Waals surface area contributed by atoms with Gasteiger partial charge in [0.25, 0.3) is 5.91 Å². The first kappa shape index (κ1) is 34.8. The smallest absolute Gasteiger partial charge is 0.475 e. The Balaban J connectivity index is 0.000000497. The van der Waals surface area contributed by atoms with E-state index in [-0.39, 0.29) is 11.9 Å². The maximum atomic E-state index is 13.1. The predicted octanol–water partition coefficient (Wildman–Crippen LogP) is 3.09. The Labute approximate surface area is 229 Å². The van der Waals surface area contributed by atoms with E-state index in [0.717, 1.165) is 17.7 Å². The van der Waals surface area contributed by atoms with Crippen LogP contribution in [0, 0.1) is 5.82 Å². The summed E-state index contributed by atoms with van der Waals surface area (Å²) in [6.07, 6.45) is -6.38. The van der Waals surface area contributed by atoms with Gasteiger partial charge < -0.3 is 25.3 Å². The third-order valence-electron chi connectivity index (χ3n) is 4.90. The zero-order chi connectivity index (χ0) is 31.7. The molecule has 0 aliphatic carbocycles. The lowest BCUT2D eigenvalue weighted by Gasteiger charge is -2.19. The number of carbonyl (C=O) groups excluding carboxylic acids is 1. The highest BCUT2D eigenvalue weighted by atomic mass is 19.4. The number of fused-ring (bicyclic) bond motifs is 1. The standard InChI is InChI=1S/C19H25FN6O.2C2HF3O2/c1-12(2)23-18(27)15-9-13-5-7-26(19-21-10-14(20)11-22-19)8-6-16(13)24-17(15)25(3)4;2*3-2(4,5)1(6)7/h9-12H,5-8H2,1-4H3,(H,23,27);2*(H,6,7). The molecule has 0 fully saturated rings. The summed E-state index contributed by atoms with van der Waals surface area (Å²) in [6, 6.07) is 2.00. The number of carbonyl (C=O) groups is 3. The second-order valence-corrected chi connectivity index (χ2v) is 8.78. The first-order valence-electron chi connectivity index (χ1n) is 11.6. The summed E-state index contributed by atoms with van der Waals surface area (Å²) in [6.45, 7) is 5.25. The number of nitrogens with one attached hydrogen (secondary N) is 1. The largest absolute Gasteiger partial charge is 0.490 e. The molecule has 0 radical (unpaired) electrons. The number of anilines is 2. The van der Waals surface area contributed by atoms with Gasteiger partial charge in [0.05, 0.1) is 18.0 Å². The van der Waals surface area contributed by atoms with Gasteiger partial charge in [-0.15, -0.1) is 0 Å². The number of rotatable bonds is 4. The Kier molecular flexibility index (Phi) is 12.2. The molecule has 2 aromatic rings. The van der Waals surface area contributed by atoms with Gasteiger partial charge in [-0.1, -0.05) is 0 Å². The van der Waals surface area contributed by atoms with Crippen LogP contribution < -0.4 is 15.1 Å². The van der Waals surface area contributed by atoms with Crippen LogP contribution in [0.3, 0.4) is 0 Å². The number of aliphatic carboxylic acids is 2. The van der Waals surface area contributed by atoms with Crippen molar-refractivity contribution in [3.8, 4) is 0 Å². The van der Waals surface area contributed by atoms with Gasteiger partial charge in [0, 0.05) is 45.3 Å². The van der Waals surface area contributed by atoms with Crippen LogP contribution in [0.5, 0.6) is 0 Å². The molecule has 0 spiro atoms. The van der Waals surface area contributed by atoms with E-state index in [0.29, 0.717) is 36.8 Å². The summed E-state index contributed by atoms with van der Waals surface area (Å²) in [5, 5.41) is 17.2. The summed E-state index contributed by atoms with van der Waals surface area (Å²) in [5.41, 5.74) is 2.61. The highest BCUT2D eigenvalue weighted by molar-refractivity contribution is 5.99. The molecule has 228 valence electrons. The summed E-state index contributed by atoms with van der Waals surface area (Å²) < 4.78 is 76.6. The highest BCUT2D eigenvalue weighted by Gasteiger charge is 2.38. The van der Waals surface area contributed by atoms with Gasteiger partial charge in [-0.3, -0.25) is 4.79 Å². The molecule has 11 nitrogen and oxygen atoms in total. The fourth-order valence-electron chi connectivity index (χ4n) is 3.14. The first-order chi connectivity index (χ1) is 18.7. The lowest BCUT2D eigenvalue weighted by molar-refractivity contribution is -0.193. The van der Waals surface area contributed by atoms with E-state index < -0.39 is 30.1 Å². The Hall–Kier alpha value is -4.25. The first-order valence-corrected chi connectivity index (χ1v) is 11.6. The third-order valence-corrected chi connectivity index (χ3v) is 4.90. The van der Waals surface area contributed by atoms with Crippen LogP contribution >= 0.6 is 0 Å². The summed E-state index contributed by atoms with van der Waals surface area (Å²) in [4.78, 5) is 47.2. The molecule has 3 heterocycles. The van der Waals surface area contributed by atoms with E-state index in [4.69, 9.17) is 24.8 Å². The van der Waals surface area contributed by atoms with Crippen LogP contribution in [0.4, 0.5) is 42.5 Å². The Morgan fingerprint density at radius 3 is 1.83 bits per heavy atom. The number of carboxylic acid groups (broad SMARTS) is 2. The number of aromatic nitrogens is 3. The molecule has 2 aromatic heterocycles. The Morgan fingerprint density at radius 2 is 1.41 bits per heavy atom. The quantitative estimate of drug-likeness (QED) is 0.447. The van der Waals surface area contributed by atoms with Crippen LogP contribution in [0.25, 0.3) is 0 Å². The minimum Gasteiger partial charge on any atom is -0.475 e. The zero-order valence-electron chi connectivity index (χ0n) is 22.1. The second kappa shape index (κ2) is 14.4. The van der Waals surface area contributed by atoms with E-state index in [2.05, 4.69) is 15.3 Å². The van der Waals surface area contributed by atoms with Crippen molar-refractivity contribution in [2.75, 3.05) is 37.0 Å². The molecule has 0 saturated heterocycles. The fraction of sp³-hybridized carbons (Fsp3) is 0.478. The van der Waals surface area contributed by atoms with Crippen molar-refractivity contribution in [1.29, 1.82) is 0 Å². The van der Waals surface area contributed by atoms with Crippen LogP contribution in [0.15, 0.2) is 18.5 Å². The van der Waals surface area contributed by atoms with Crippen molar-refractivity contribution in [2.24, 2.45) is 0 Å². The average molecular weight is 600 g/mol. The number of alkyl halides is 6. The number of hydrogen-bond acceptors (Lipinski definition) is 8. The normalized spacial score (nSPS) is 13.0. The van der Waals surface area contributed by atoms with E-state index in [1.165, 1.54) is 12.4 Å². The minimum atomic E-state index is -5.08. The SMILES string of the molecule is CC(C)NC(=O)c1cc2c(nc1N(C)C)CCN(c1ncc(F)cn1)CC2.O=C(O)C(F)(F)F.O=C(O)C(F)(F)F. The topological polar surface area (TPSA) is 149 Å². The summed E-state index contributed by atoms with van der Waals surface area (Å²) in [5.74, 6) is -4.91. The van der Waals surface area contributed by atoms with E-state index in [9.17, 15) is 35.5 Å². The summed E-state index contributed by atoms with van der Waals surface area (Å²) in [7, 11) is 3.77. The molecule has 0 aromatic carbocycles. The number of hydrogen-bond donors (Lipinski definition) is 3. The van der Waals surface area contributed by atoms with Crippen LogP contribution in [0.2, 0.25) is 0 Å². The predicted molar refractivity (Wildman–Crippen MR) is 130 cm³/mol. The molecular weight excluding hydrogens is 573 g/mol. The van der Waals surface area contributed by atoms with Crippen molar-refractivity contribution >= 4 is 29.6 Å². The third kappa shape index (κ3) is 11.4. The van der Waals surface area contributed by atoms with Crippen LogP contribution in [-0.4, -0.2) is 88.6 Å². The Bertz CT molecular complexity index is 1180. The molecule has 1 aliphatic heterocycles. The fourth-order valence-corrected chi connectivity index (χ4v) is 3.14. The monoisotopic (exact) mass is 600 g/mol. The zero-order valence-corrected chi connectivity index (χ0v) is 22.1. The van der Waals surface area contributed by atoms with Crippen LogP contribution in [0.1, 0.15) is 35.5 Å². The van der Waals surface area contributed by atoms with Crippen molar-refractivity contribution in [3.63, 3.8) is 0 Å². The lowest BCUT2D eigenvalue weighted by atomic mass is 10.0. The number of carboxylic acids is 2. The molecule has 3 N–H and O–H groups in total. The molecule has 0 bridgehead atoms. The maximum absolute atomic E-state index is 13.1. The molecule has 0 atom stereocenters. The van der Waals surface area contributed by atoms with E-state index in [1.54, 1.807) is 0 Å². The molecule has 1 aliphatic rings. The average Bonchev–Trinajstić information content (AvgIpc) is 3.05. The molecule has 41 heavy (non-hydrogen) atoms.